The van der Waals surface area contributed by atoms with E-state index in [-0.39, 0.29) is 0 Å². The number of thiophene rings is 1. The van der Waals surface area contributed by atoms with Crippen LogP contribution in [0.3, 0.4) is 0 Å². The van der Waals surface area contributed by atoms with Gasteiger partial charge in [0.15, 0.2) is 0 Å². The lowest BCUT2D eigenvalue weighted by atomic mass is 10.1. The highest BCUT2D eigenvalue weighted by molar-refractivity contribution is 7.09. The fourth-order valence-electron chi connectivity index (χ4n) is 1.91. The van der Waals surface area contributed by atoms with Gasteiger partial charge in [-0.1, -0.05) is 35.9 Å². The molecule has 0 aliphatic rings. The molecule has 4 heteroatoms. The Morgan fingerprint density at radius 2 is 1.95 bits per heavy atom. The smallest absolute Gasteiger partial charge is 0.223 e. The molecule has 3 nitrogen and oxygen atoms in total. The Kier molecular flexibility index (Phi) is 3.74. The first-order valence-electron chi connectivity index (χ1n) is 6.47. The van der Waals surface area contributed by atoms with E-state index in [2.05, 4.69) is 57.9 Å². The third-order valence-corrected chi connectivity index (χ3v) is 3.88. The molecule has 0 bridgehead atoms. The monoisotopic (exact) mass is 281 g/mol. The lowest BCUT2D eigenvalue weighted by Gasteiger charge is -2.06. The summed E-state index contributed by atoms with van der Waals surface area (Å²) in [5, 5.41) is 5.33. The van der Waals surface area contributed by atoms with Crippen LogP contribution in [-0.2, 0) is 6.54 Å². The van der Waals surface area contributed by atoms with Crippen LogP contribution in [0.1, 0.15) is 10.4 Å². The van der Waals surface area contributed by atoms with Gasteiger partial charge >= 0.3 is 0 Å². The molecule has 3 aromatic rings. The summed E-state index contributed by atoms with van der Waals surface area (Å²) in [5.74, 6) is 0.663. The van der Waals surface area contributed by atoms with Gasteiger partial charge in [-0.05, 0) is 24.4 Å². The molecule has 2 heterocycles. The van der Waals surface area contributed by atoms with E-state index in [4.69, 9.17) is 0 Å². The zero-order valence-corrected chi connectivity index (χ0v) is 12.0. The Morgan fingerprint density at radius 1 is 1.10 bits per heavy atom. The van der Waals surface area contributed by atoms with Crippen LogP contribution in [0.4, 0.5) is 5.95 Å². The Hall–Kier alpha value is -2.20. The molecule has 100 valence electrons. The van der Waals surface area contributed by atoms with Gasteiger partial charge in [0.2, 0.25) is 5.95 Å². The Morgan fingerprint density at radius 3 is 2.70 bits per heavy atom. The fraction of sp³-hybridized carbons (Fsp3) is 0.125. The minimum Gasteiger partial charge on any atom is -0.349 e. The molecule has 1 N–H and O–H groups in total. The summed E-state index contributed by atoms with van der Waals surface area (Å²) in [6.45, 7) is 2.84. The number of nitrogens with zero attached hydrogens (tertiary/aromatic N) is 2. The second-order valence-corrected chi connectivity index (χ2v) is 5.60. The average Bonchev–Trinajstić information content (AvgIpc) is 3.00. The largest absolute Gasteiger partial charge is 0.349 e. The average molecular weight is 281 g/mol. The fourth-order valence-corrected chi connectivity index (χ4v) is 2.55. The molecule has 0 spiro atoms. The summed E-state index contributed by atoms with van der Waals surface area (Å²) < 4.78 is 0. The van der Waals surface area contributed by atoms with Gasteiger partial charge in [0.05, 0.1) is 12.2 Å². The van der Waals surface area contributed by atoms with Crippen molar-refractivity contribution in [3.05, 3.63) is 64.5 Å². The standard InChI is InChI=1S/C16H15N3S/c1-12-4-6-13(7-5-12)15-8-9-17-16(19-15)18-11-14-3-2-10-20-14/h2-10H,11H2,1H3,(H,17,18,19). The van der Waals surface area contributed by atoms with Crippen molar-refractivity contribution in [2.24, 2.45) is 0 Å². The van der Waals surface area contributed by atoms with Gasteiger partial charge in [0, 0.05) is 16.6 Å². The summed E-state index contributed by atoms with van der Waals surface area (Å²) in [4.78, 5) is 10.1. The van der Waals surface area contributed by atoms with Crippen molar-refractivity contribution in [1.82, 2.24) is 9.97 Å². The van der Waals surface area contributed by atoms with Crippen molar-refractivity contribution < 1.29 is 0 Å². The number of hydrogen-bond acceptors (Lipinski definition) is 4. The van der Waals surface area contributed by atoms with Crippen molar-refractivity contribution in [2.45, 2.75) is 13.5 Å². The van der Waals surface area contributed by atoms with Gasteiger partial charge < -0.3 is 5.32 Å². The Bertz CT molecular complexity index is 675. The maximum atomic E-state index is 4.55. The van der Waals surface area contributed by atoms with E-state index in [1.165, 1.54) is 10.4 Å². The minimum atomic E-state index is 0.663. The van der Waals surface area contributed by atoms with Crippen molar-refractivity contribution in [2.75, 3.05) is 5.32 Å². The van der Waals surface area contributed by atoms with E-state index in [9.17, 15) is 0 Å². The molecule has 0 saturated carbocycles. The van der Waals surface area contributed by atoms with E-state index >= 15 is 0 Å². The van der Waals surface area contributed by atoms with E-state index in [0.29, 0.717) is 5.95 Å². The first-order chi connectivity index (χ1) is 9.81. The molecule has 0 fully saturated rings. The maximum absolute atomic E-state index is 4.55. The number of rotatable bonds is 4. The van der Waals surface area contributed by atoms with Crippen LogP contribution >= 0.6 is 11.3 Å². The molecular weight excluding hydrogens is 266 g/mol. The summed E-state index contributed by atoms with van der Waals surface area (Å²) in [6, 6.07) is 14.4. The summed E-state index contributed by atoms with van der Waals surface area (Å²) in [7, 11) is 0. The SMILES string of the molecule is Cc1ccc(-c2ccnc(NCc3cccs3)n2)cc1. The quantitative estimate of drug-likeness (QED) is 0.781. The maximum Gasteiger partial charge on any atom is 0.223 e. The zero-order chi connectivity index (χ0) is 13.8. The molecule has 0 amide bonds. The van der Waals surface area contributed by atoms with Crippen LogP contribution in [-0.4, -0.2) is 9.97 Å². The van der Waals surface area contributed by atoms with Crippen LogP contribution in [0.15, 0.2) is 54.0 Å². The summed E-state index contributed by atoms with van der Waals surface area (Å²) >= 11 is 1.73. The van der Waals surface area contributed by atoms with E-state index in [1.807, 2.05) is 12.1 Å². The van der Waals surface area contributed by atoms with E-state index in [0.717, 1.165) is 17.8 Å². The molecule has 0 unspecified atom stereocenters. The summed E-state index contributed by atoms with van der Waals surface area (Å²) in [6.07, 6.45) is 1.79. The van der Waals surface area contributed by atoms with Crippen LogP contribution in [0.5, 0.6) is 0 Å². The first kappa shape index (κ1) is 12.8. The third kappa shape index (κ3) is 3.03. The number of aryl methyl sites for hydroxylation is 1. The highest BCUT2D eigenvalue weighted by Crippen LogP contribution is 2.18. The zero-order valence-electron chi connectivity index (χ0n) is 11.2. The van der Waals surface area contributed by atoms with Crippen LogP contribution in [0.25, 0.3) is 11.3 Å². The van der Waals surface area contributed by atoms with Gasteiger partial charge in [-0.15, -0.1) is 11.3 Å². The number of nitrogens with one attached hydrogen (secondary N) is 1. The van der Waals surface area contributed by atoms with E-state index in [1.54, 1.807) is 17.5 Å². The normalized spacial score (nSPS) is 10.4. The highest BCUT2D eigenvalue weighted by atomic mass is 32.1. The van der Waals surface area contributed by atoms with Gasteiger partial charge in [-0.2, -0.15) is 0 Å². The Labute approximate surface area is 122 Å². The van der Waals surface area contributed by atoms with E-state index < -0.39 is 0 Å². The molecule has 0 aliphatic heterocycles. The van der Waals surface area contributed by atoms with Gasteiger partial charge in [0.1, 0.15) is 0 Å². The molecule has 0 radical (unpaired) electrons. The first-order valence-corrected chi connectivity index (χ1v) is 7.35. The number of anilines is 1. The summed E-state index contributed by atoms with van der Waals surface area (Å²) in [5.41, 5.74) is 3.30. The topological polar surface area (TPSA) is 37.8 Å². The van der Waals surface area contributed by atoms with Gasteiger partial charge in [0.25, 0.3) is 0 Å². The molecule has 3 rings (SSSR count). The molecule has 20 heavy (non-hydrogen) atoms. The molecule has 0 aliphatic carbocycles. The molecule has 2 aromatic heterocycles. The number of aromatic nitrogens is 2. The van der Waals surface area contributed by atoms with Gasteiger partial charge in [-0.25, -0.2) is 9.97 Å². The molecule has 0 saturated heterocycles. The van der Waals surface area contributed by atoms with Crippen molar-refractivity contribution in [3.8, 4) is 11.3 Å². The minimum absolute atomic E-state index is 0.663. The van der Waals surface area contributed by atoms with Crippen molar-refractivity contribution in [1.29, 1.82) is 0 Å². The van der Waals surface area contributed by atoms with Gasteiger partial charge in [-0.3, -0.25) is 0 Å². The van der Waals surface area contributed by atoms with Crippen molar-refractivity contribution >= 4 is 17.3 Å². The second kappa shape index (κ2) is 5.84. The molecule has 0 atom stereocenters. The van der Waals surface area contributed by atoms with Crippen LogP contribution < -0.4 is 5.32 Å². The second-order valence-electron chi connectivity index (χ2n) is 4.56. The predicted molar refractivity (Wildman–Crippen MR) is 83.9 cm³/mol. The lowest BCUT2D eigenvalue weighted by molar-refractivity contribution is 1.07. The van der Waals surface area contributed by atoms with Crippen LogP contribution in [0.2, 0.25) is 0 Å². The third-order valence-electron chi connectivity index (χ3n) is 3.00. The Balaban J connectivity index is 1.77. The number of hydrogen-bond donors (Lipinski definition) is 1. The van der Waals surface area contributed by atoms with Crippen molar-refractivity contribution in [3.63, 3.8) is 0 Å². The molecular formula is C16H15N3S. The highest BCUT2D eigenvalue weighted by Gasteiger charge is 2.02. The predicted octanol–water partition coefficient (Wildman–Crippen LogP) is 4.13. The number of benzene rings is 1. The lowest BCUT2D eigenvalue weighted by Crippen LogP contribution is -2.02. The van der Waals surface area contributed by atoms with Crippen LogP contribution in [0, 0.1) is 6.92 Å². The molecule has 1 aromatic carbocycles.